The lowest BCUT2D eigenvalue weighted by atomic mass is 9.71. The van der Waals surface area contributed by atoms with Crippen LogP contribution in [0, 0.1) is 23.2 Å². The van der Waals surface area contributed by atoms with Crippen molar-refractivity contribution in [3.8, 4) is 11.8 Å². The molecular weight excluding hydrogens is 194 g/mol. The summed E-state index contributed by atoms with van der Waals surface area (Å²) in [6.45, 7) is 6.54. The van der Waals surface area contributed by atoms with Gasteiger partial charge in [-0.05, 0) is 43.9 Å². The van der Waals surface area contributed by atoms with Crippen molar-refractivity contribution in [3.05, 3.63) is 0 Å². The molecule has 16 heavy (non-hydrogen) atoms. The van der Waals surface area contributed by atoms with Gasteiger partial charge in [0.1, 0.15) is 0 Å². The second-order valence-electron chi connectivity index (χ2n) is 5.74. The standard InChI is InChI=1S/C15H27N/c1-4-5-6-9-14(16)15(12-13(2)3)10-7-8-11-15/h13-14H,6-12,16H2,1-3H3. The smallest absolute Gasteiger partial charge is 0.0105 e. The Labute approximate surface area is 101 Å². The lowest BCUT2D eigenvalue weighted by molar-refractivity contribution is 0.176. The van der Waals surface area contributed by atoms with Crippen molar-refractivity contribution < 1.29 is 0 Å². The van der Waals surface area contributed by atoms with Gasteiger partial charge in [-0.1, -0.05) is 26.7 Å². The third-order valence-corrected chi connectivity index (χ3v) is 3.96. The predicted molar refractivity (Wildman–Crippen MR) is 71.0 cm³/mol. The van der Waals surface area contributed by atoms with E-state index in [2.05, 4.69) is 25.7 Å². The summed E-state index contributed by atoms with van der Waals surface area (Å²) in [5.74, 6) is 6.87. The Hall–Kier alpha value is -0.480. The summed E-state index contributed by atoms with van der Waals surface area (Å²) in [6.07, 6.45) is 8.77. The SMILES string of the molecule is CC#CCCC(N)C1(CC(C)C)CCCC1. The van der Waals surface area contributed by atoms with Crippen LogP contribution in [0.2, 0.25) is 0 Å². The second kappa shape index (κ2) is 6.30. The van der Waals surface area contributed by atoms with Gasteiger partial charge in [0.2, 0.25) is 0 Å². The van der Waals surface area contributed by atoms with Gasteiger partial charge in [0, 0.05) is 12.5 Å². The van der Waals surface area contributed by atoms with Crippen LogP contribution in [0.3, 0.4) is 0 Å². The molecule has 1 aliphatic rings. The quantitative estimate of drug-likeness (QED) is 0.703. The van der Waals surface area contributed by atoms with Gasteiger partial charge in [0.25, 0.3) is 0 Å². The maximum absolute atomic E-state index is 6.44. The molecule has 0 amide bonds. The maximum Gasteiger partial charge on any atom is 0.0105 e. The Morgan fingerprint density at radius 1 is 1.25 bits per heavy atom. The van der Waals surface area contributed by atoms with Gasteiger partial charge in [-0.3, -0.25) is 0 Å². The molecule has 2 N–H and O–H groups in total. The van der Waals surface area contributed by atoms with E-state index in [9.17, 15) is 0 Å². The van der Waals surface area contributed by atoms with Crippen LogP contribution in [0.4, 0.5) is 0 Å². The molecule has 1 rings (SSSR count). The second-order valence-corrected chi connectivity index (χ2v) is 5.74. The molecule has 0 aromatic carbocycles. The van der Waals surface area contributed by atoms with Crippen LogP contribution in [-0.4, -0.2) is 6.04 Å². The Bertz CT molecular complexity index is 250. The lowest BCUT2D eigenvalue weighted by Gasteiger charge is -2.37. The average molecular weight is 221 g/mol. The Morgan fingerprint density at radius 3 is 2.38 bits per heavy atom. The van der Waals surface area contributed by atoms with Gasteiger partial charge in [-0.25, -0.2) is 0 Å². The first-order valence-corrected chi connectivity index (χ1v) is 6.76. The molecule has 0 saturated heterocycles. The van der Waals surface area contributed by atoms with E-state index in [1.54, 1.807) is 0 Å². The monoisotopic (exact) mass is 221 g/mol. The minimum atomic E-state index is 0.359. The van der Waals surface area contributed by atoms with Crippen LogP contribution >= 0.6 is 0 Å². The van der Waals surface area contributed by atoms with E-state index in [4.69, 9.17) is 5.73 Å². The molecule has 1 heteroatoms. The van der Waals surface area contributed by atoms with E-state index >= 15 is 0 Å². The molecule has 0 aromatic heterocycles. The highest BCUT2D eigenvalue weighted by Crippen LogP contribution is 2.46. The third-order valence-electron chi connectivity index (χ3n) is 3.96. The van der Waals surface area contributed by atoms with Crippen molar-refractivity contribution >= 4 is 0 Å². The molecule has 92 valence electrons. The number of hydrogen-bond donors (Lipinski definition) is 1. The van der Waals surface area contributed by atoms with E-state index in [0.717, 1.165) is 18.8 Å². The van der Waals surface area contributed by atoms with E-state index in [-0.39, 0.29) is 0 Å². The van der Waals surface area contributed by atoms with Gasteiger partial charge in [-0.15, -0.1) is 11.8 Å². The van der Waals surface area contributed by atoms with Crippen LogP contribution in [0.1, 0.15) is 65.7 Å². The first-order valence-electron chi connectivity index (χ1n) is 6.76. The fourth-order valence-electron chi connectivity index (χ4n) is 3.28. The summed E-state index contributed by atoms with van der Waals surface area (Å²) < 4.78 is 0. The number of hydrogen-bond acceptors (Lipinski definition) is 1. The van der Waals surface area contributed by atoms with Crippen LogP contribution in [-0.2, 0) is 0 Å². The van der Waals surface area contributed by atoms with Crippen molar-refractivity contribution in [2.75, 3.05) is 0 Å². The summed E-state index contributed by atoms with van der Waals surface area (Å²) in [4.78, 5) is 0. The minimum Gasteiger partial charge on any atom is -0.327 e. The molecule has 0 aromatic rings. The summed E-state index contributed by atoms with van der Waals surface area (Å²) in [5, 5.41) is 0. The zero-order valence-electron chi connectivity index (χ0n) is 11.2. The zero-order valence-corrected chi connectivity index (χ0v) is 11.2. The molecule has 0 radical (unpaired) electrons. The van der Waals surface area contributed by atoms with Gasteiger partial charge >= 0.3 is 0 Å². The highest BCUT2D eigenvalue weighted by atomic mass is 14.7. The fourth-order valence-corrected chi connectivity index (χ4v) is 3.28. The van der Waals surface area contributed by atoms with Crippen molar-refractivity contribution in [2.24, 2.45) is 17.1 Å². The van der Waals surface area contributed by atoms with E-state index in [1.807, 2.05) is 6.92 Å². The molecule has 1 aliphatic carbocycles. The molecule has 1 atom stereocenters. The van der Waals surface area contributed by atoms with Crippen molar-refractivity contribution in [1.82, 2.24) is 0 Å². The predicted octanol–water partition coefficient (Wildman–Crippen LogP) is 3.72. The number of nitrogens with two attached hydrogens (primary N) is 1. The Kier molecular flexibility index (Phi) is 5.35. The summed E-state index contributed by atoms with van der Waals surface area (Å²) in [7, 11) is 0. The van der Waals surface area contributed by atoms with Crippen molar-refractivity contribution in [1.29, 1.82) is 0 Å². The minimum absolute atomic E-state index is 0.359. The summed E-state index contributed by atoms with van der Waals surface area (Å²) in [5.41, 5.74) is 6.87. The van der Waals surface area contributed by atoms with Gasteiger partial charge in [-0.2, -0.15) is 0 Å². The molecule has 1 nitrogen and oxygen atoms in total. The van der Waals surface area contributed by atoms with Crippen LogP contribution in [0.5, 0.6) is 0 Å². The fraction of sp³-hybridized carbons (Fsp3) is 0.867. The van der Waals surface area contributed by atoms with E-state index < -0.39 is 0 Å². The van der Waals surface area contributed by atoms with Crippen molar-refractivity contribution in [2.45, 2.75) is 71.8 Å². The topological polar surface area (TPSA) is 26.0 Å². The molecule has 0 spiro atoms. The zero-order chi connectivity index (χ0) is 12.0. The third kappa shape index (κ3) is 3.52. The van der Waals surface area contributed by atoms with Crippen LogP contribution in [0.15, 0.2) is 0 Å². The lowest BCUT2D eigenvalue weighted by Crippen LogP contribution is -2.40. The molecule has 0 heterocycles. The maximum atomic E-state index is 6.44. The molecule has 0 bridgehead atoms. The van der Waals surface area contributed by atoms with Crippen LogP contribution in [0.25, 0.3) is 0 Å². The largest absolute Gasteiger partial charge is 0.327 e. The summed E-state index contributed by atoms with van der Waals surface area (Å²) >= 11 is 0. The molecular formula is C15H27N. The van der Waals surface area contributed by atoms with E-state index in [0.29, 0.717) is 11.5 Å². The normalized spacial score (nSPS) is 20.6. The average Bonchev–Trinajstić information content (AvgIpc) is 2.67. The molecule has 1 unspecified atom stereocenters. The van der Waals surface area contributed by atoms with Gasteiger partial charge in [0.05, 0.1) is 0 Å². The first kappa shape index (κ1) is 13.6. The highest BCUT2D eigenvalue weighted by Gasteiger charge is 2.39. The van der Waals surface area contributed by atoms with Gasteiger partial charge in [0.15, 0.2) is 0 Å². The number of rotatable bonds is 5. The first-order chi connectivity index (χ1) is 7.60. The summed E-state index contributed by atoms with van der Waals surface area (Å²) in [6, 6.07) is 0.359. The Balaban J connectivity index is 2.56. The van der Waals surface area contributed by atoms with Crippen molar-refractivity contribution in [3.63, 3.8) is 0 Å². The molecule has 1 saturated carbocycles. The van der Waals surface area contributed by atoms with Gasteiger partial charge < -0.3 is 5.73 Å². The Morgan fingerprint density at radius 2 is 1.88 bits per heavy atom. The highest BCUT2D eigenvalue weighted by molar-refractivity contribution is 4.99. The van der Waals surface area contributed by atoms with E-state index in [1.165, 1.54) is 32.1 Å². The molecule has 1 fully saturated rings. The molecule has 0 aliphatic heterocycles. The van der Waals surface area contributed by atoms with Crippen LogP contribution < -0.4 is 5.73 Å².